The molecule has 1 amide bonds. The zero-order valence-corrected chi connectivity index (χ0v) is 13.1. The number of anilines is 1. The molecule has 3 N–H and O–H groups in total. The molecular weight excluding hydrogens is 308 g/mol. The molecule has 0 radical (unpaired) electrons. The molecule has 22 heavy (non-hydrogen) atoms. The number of unbranched alkanes of at least 4 members (excludes halogenated alkanes) is 3. The van der Waals surface area contributed by atoms with Gasteiger partial charge in [0.2, 0.25) is 10.0 Å². The Morgan fingerprint density at radius 1 is 1.09 bits per heavy atom. The van der Waals surface area contributed by atoms with E-state index < -0.39 is 21.9 Å². The van der Waals surface area contributed by atoms with Crippen molar-refractivity contribution in [3.05, 3.63) is 24.3 Å². The van der Waals surface area contributed by atoms with Crippen molar-refractivity contribution in [3.63, 3.8) is 0 Å². The Morgan fingerprint density at radius 3 is 2.27 bits per heavy atom. The molecule has 0 heterocycles. The standard InChI is InChI=1S/C14H20N2O5S/c1-2-3-4-5-10-15-22(20,21)12-8-6-11(7-9-12)16-13(17)14(18)19/h6-9,15H,2-5,10H2,1H3,(H,16,17)(H,18,19). The number of carboxylic acids is 1. The summed E-state index contributed by atoms with van der Waals surface area (Å²) in [7, 11) is -3.59. The van der Waals surface area contributed by atoms with Crippen LogP contribution in [0.2, 0.25) is 0 Å². The second-order valence-corrected chi connectivity index (χ2v) is 6.51. The van der Waals surface area contributed by atoms with Crippen molar-refractivity contribution in [1.29, 1.82) is 0 Å². The number of hydrogen-bond donors (Lipinski definition) is 3. The average molecular weight is 328 g/mol. The molecule has 0 saturated heterocycles. The van der Waals surface area contributed by atoms with Gasteiger partial charge in [0, 0.05) is 12.2 Å². The molecule has 8 heteroatoms. The SMILES string of the molecule is CCCCCCNS(=O)(=O)c1ccc(NC(=O)C(=O)O)cc1. The van der Waals surface area contributed by atoms with Crippen molar-refractivity contribution in [2.24, 2.45) is 0 Å². The third-order valence-electron chi connectivity index (χ3n) is 2.94. The van der Waals surface area contributed by atoms with Gasteiger partial charge >= 0.3 is 11.9 Å². The quantitative estimate of drug-likeness (QED) is 0.495. The second-order valence-electron chi connectivity index (χ2n) is 4.74. The topological polar surface area (TPSA) is 113 Å². The Labute approximate surface area is 129 Å². The first-order chi connectivity index (χ1) is 10.4. The third kappa shape index (κ3) is 5.82. The first-order valence-corrected chi connectivity index (χ1v) is 8.49. The molecule has 0 bridgehead atoms. The van der Waals surface area contributed by atoms with E-state index in [0.717, 1.165) is 25.7 Å². The smallest absolute Gasteiger partial charge is 0.394 e. The van der Waals surface area contributed by atoms with Gasteiger partial charge in [0.1, 0.15) is 0 Å². The predicted octanol–water partition coefficient (Wildman–Crippen LogP) is 1.57. The molecular formula is C14H20N2O5S. The fourth-order valence-corrected chi connectivity index (χ4v) is 2.82. The molecule has 1 rings (SSSR count). The van der Waals surface area contributed by atoms with E-state index in [1.165, 1.54) is 24.3 Å². The van der Waals surface area contributed by atoms with Crippen molar-refractivity contribution in [2.75, 3.05) is 11.9 Å². The van der Waals surface area contributed by atoms with Gasteiger partial charge in [-0.1, -0.05) is 26.2 Å². The Balaban J connectivity index is 2.60. The fourth-order valence-electron chi connectivity index (χ4n) is 1.74. The number of carbonyl (C=O) groups is 2. The lowest BCUT2D eigenvalue weighted by Crippen LogP contribution is -2.25. The largest absolute Gasteiger partial charge is 0.474 e. The Morgan fingerprint density at radius 2 is 1.73 bits per heavy atom. The van der Waals surface area contributed by atoms with Crippen LogP contribution in [0.15, 0.2) is 29.2 Å². The highest BCUT2D eigenvalue weighted by atomic mass is 32.2. The highest BCUT2D eigenvalue weighted by Crippen LogP contribution is 2.14. The maximum absolute atomic E-state index is 12.0. The van der Waals surface area contributed by atoms with Crippen molar-refractivity contribution in [1.82, 2.24) is 4.72 Å². The van der Waals surface area contributed by atoms with Gasteiger partial charge in [0.15, 0.2) is 0 Å². The molecule has 0 aliphatic heterocycles. The lowest BCUT2D eigenvalue weighted by molar-refractivity contribution is -0.147. The summed E-state index contributed by atoms with van der Waals surface area (Å²) in [5, 5.41) is 10.6. The van der Waals surface area contributed by atoms with Gasteiger partial charge in [0.05, 0.1) is 4.90 Å². The Bertz CT molecular complexity index is 611. The van der Waals surface area contributed by atoms with Crippen LogP contribution in [0.25, 0.3) is 0 Å². The molecule has 122 valence electrons. The first kappa shape index (κ1) is 18.1. The van der Waals surface area contributed by atoms with E-state index in [1.54, 1.807) is 0 Å². The van der Waals surface area contributed by atoms with E-state index in [9.17, 15) is 18.0 Å². The van der Waals surface area contributed by atoms with E-state index >= 15 is 0 Å². The minimum absolute atomic E-state index is 0.0660. The Kier molecular flexibility index (Phi) is 7.00. The zero-order valence-electron chi connectivity index (χ0n) is 12.3. The monoisotopic (exact) mass is 328 g/mol. The van der Waals surface area contributed by atoms with Gasteiger partial charge in [-0.15, -0.1) is 0 Å². The summed E-state index contributed by atoms with van der Waals surface area (Å²) < 4.78 is 26.5. The van der Waals surface area contributed by atoms with Crippen LogP contribution in [0.1, 0.15) is 32.6 Å². The zero-order chi connectivity index (χ0) is 16.6. The van der Waals surface area contributed by atoms with Gasteiger partial charge in [-0.2, -0.15) is 0 Å². The highest BCUT2D eigenvalue weighted by Gasteiger charge is 2.14. The molecule has 0 unspecified atom stereocenters. The van der Waals surface area contributed by atoms with E-state index in [2.05, 4.69) is 17.0 Å². The molecule has 0 fully saturated rings. The number of sulfonamides is 1. The molecule has 0 spiro atoms. The average Bonchev–Trinajstić information content (AvgIpc) is 2.47. The summed E-state index contributed by atoms with van der Waals surface area (Å²) in [6.45, 7) is 2.45. The van der Waals surface area contributed by atoms with Crippen LogP contribution in [0, 0.1) is 0 Å². The maximum Gasteiger partial charge on any atom is 0.394 e. The maximum atomic E-state index is 12.0. The van der Waals surface area contributed by atoms with Crippen LogP contribution in [-0.2, 0) is 19.6 Å². The van der Waals surface area contributed by atoms with Crippen LogP contribution >= 0.6 is 0 Å². The lowest BCUT2D eigenvalue weighted by Gasteiger charge is -2.08. The third-order valence-corrected chi connectivity index (χ3v) is 4.42. The number of carbonyl (C=O) groups excluding carboxylic acids is 1. The summed E-state index contributed by atoms with van der Waals surface area (Å²) in [5.41, 5.74) is 0.217. The summed E-state index contributed by atoms with van der Waals surface area (Å²) in [5.74, 6) is -2.78. The number of benzene rings is 1. The van der Waals surface area contributed by atoms with Crippen LogP contribution in [0.5, 0.6) is 0 Å². The predicted molar refractivity (Wildman–Crippen MR) is 82.0 cm³/mol. The number of nitrogens with one attached hydrogen (secondary N) is 2. The summed E-state index contributed by atoms with van der Waals surface area (Å²) in [6.07, 6.45) is 3.90. The van der Waals surface area contributed by atoms with Gasteiger partial charge in [-0.3, -0.25) is 4.79 Å². The number of amides is 1. The molecule has 1 aromatic rings. The van der Waals surface area contributed by atoms with E-state index in [0.29, 0.717) is 6.54 Å². The van der Waals surface area contributed by atoms with Crippen LogP contribution in [0.4, 0.5) is 5.69 Å². The highest BCUT2D eigenvalue weighted by molar-refractivity contribution is 7.89. The number of rotatable bonds is 8. The van der Waals surface area contributed by atoms with Crippen molar-refractivity contribution in [3.8, 4) is 0 Å². The lowest BCUT2D eigenvalue weighted by atomic mass is 10.2. The van der Waals surface area contributed by atoms with Crippen molar-refractivity contribution >= 4 is 27.6 Å². The van der Waals surface area contributed by atoms with E-state index in [-0.39, 0.29) is 10.6 Å². The molecule has 0 aliphatic rings. The fraction of sp³-hybridized carbons (Fsp3) is 0.429. The minimum atomic E-state index is -3.59. The molecule has 7 nitrogen and oxygen atoms in total. The minimum Gasteiger partial charge on any atom is -0.474 e. The van der Waals surface area contributed by atoms with Crippen LogP contribution in [-0.4, -0.2) is 31.9 Å². The van der Waals surface area contributed by atoms with Crippen LogP contribution < -0.4 is 10.0 Å². The van der Waals surface area contributed by atoms with E-state index in [1.807, 2.05) is 0 Å². The first-order valence-electron chi connectivity index (χ1n) is 7.01. The van der Waals surface area contributed by atoms with Gasteiger partial charge in [-0.25, -0.2) is 17.9 Å². The second kappa shape index (κ2) is 8.50. The Hall–Kier alpha value is -1.93. The van der Waals surface area contributed by atoms with Crippen molar-refractivity contribution < 1.29 is 23.1 Å². The van der Waals surface area contributed by atoms with Gasteiger partial charge < -0.3 is 10.4 Å². The molecule has 0 atom stereocenters. The summed E-state index contributed by atoms with van der Waals surface area (Å²) >= 11 is 0. The number of hydrogen-bond acceptors (Lipinski definition) is 4. The molecule has 0 saturated carbocycles. The van der Waals surface area contributed by atoms with Gasteiger partial charge in [-0.05, 0) is 30.7 Å². The number of aliphatic carboxylic acids is 1. The molecule has 0 aromatic heterocycles. The number of carboxylic acid groups (broad SMARTS) is 1. The summed E-state index contributed by atoms with van der Waals surface area (Å²) in [4.78, 5) is 21.5. The van der Waals surface area contributed by atoms with Crippen LogP contribution in [0.3, 0.4) is 0 Å². The van der Waals surface area contributed by atoms with Gasteiger partial charge in [0.25, 0.3) is 0 Å². The van der Waals surface area contributed by atoms with Crippen molar-refractivity contribution in [2.45, 2.75) is 37.5 Å². The normalized spacial score (nSPS) is 11.1. The molecule has 1 aromatic carbocycles. The summed E-state index contributed by atoms with van der Waals surface area (Å²) in [6, 6.07) is 5.30. The molecule has 0 aliphatic carbocycles. The van der Waals surface area contributed by atoms with E-state index in [4.69, 9.17) is 5.11 Å².